The summed E-state index contributed by atoms with van der Waals surface area (Å²) in [5.41, 5.74) is 6.60. The Kier molecular flexibility index (Phi) is 5.26. The van der Waals surface area contributed by atoms with E-state index in [1.807, 2.05) is 30.5 Å². The number of aromatic hydroxyl groups is 1. The highest BCUT2D eigenvalue weighted by atomic mass is 16.3. The Morgan fingerprint density at radius 1 is 0.839 bits per heavy atom. The van der Waals surface area contributed by atoms with Crippen molar-refractivity contribution in [3.8, 4) is 16.9 Å². The highest BCUT2D eigenvalue weighted by molar-refractivity contribution is 5.82. The fraction of sp³-hybridized carbons (Fsp3) is 0.231. The number of phenols is 1. The predicted molar refractivity (Wildman–Crippen MR) is 125 cm³/mol. The average molecular weight is 411 g/mol. The molecule has 1 aliphatic heterocycles. The summed E-state index contributed by atoms with van der Waals surface area (Å²) in [5.74, 6) is 1.21. The van der Waals surface area contributed by atoms with Crippen LogP contribution in [0.4, 0.5) is 5.82 Å². The van der Waals surface area contributed by atoms with Crippen LogP contribution >= 0.6 is 0 Å². The van der Waals surface area contributed by atoms with E-state index in [0.717, 1.165) is 60.7 Å². The second-order valence-corrected chi connectivity index (χ2v) is 8.23. The third-order valence-corrected chi connectivity index (χ3v) is 5.92. The lowest BCUT2D eigenvalue weighted by molar-refractivity contribution is 0.249. The number of rotatable bonds is 4. The molecule has 1 aliphatic rings. The van der Waals surface area contributed by atoms with Crippen molar-refractivity contribution in [2.75, 3.05) is 31.1 Å². The number of benzene rings is 3. The molecule has 0 saturated carbocycles. The molecule has 1 saturated heterocycles. The van der Waals surface area contributed by atoms with Crippen LogP contribution in [0.2, 0.25) is 0 Å². The minimum atomic E-state index is 0.271. The molecule has 5 rings (SSSR count). The summed E-state index contributed by atoms with van der Waals surface area (Å²) in [6, 6.07) is 22.1. The quantitative estimate of drug-likeness (QED) is 0.531. The summed E-state index contributed by atoms with van der Waals surface area (Å²) in [4.78, 5) is 14.4. The molecule has 2 heterocycles. The Balaban J connectivity index is 1.30. The zero-order valence-electron chi connectivity index (χ0n) is 17.7. The van der Waals surface area contributed by atoms with Crippen molar-refractivity contribution in [1.82, 2.24) is 14.9 Å². The predicted octanol–water partition coefficient (Wildman–Crippen LogP) is 4.63. The van der Waals surface area contributed by atoms with E-state index < -0.39 is 0 Å². The molecule has 1 N–H and O–H groups in total. The van der Waals surface area contributed by atoms with Gasteiger partial charge in [-0.05, 0) is 47.9 Å². The van der Waals surface area contributed by atoms with Crippen LogP contribution in [0.15, 0.2) is 72.9 Å². The van der Waals surface area contributed by atoms with Gasteiger partial charge in [0.2, 0.25) is 0 Å². The highest BCUT2D eigenvalue weighted by Crippen LogP contribution is 2.26. The van der Waals surface area contributed by atoms with E-state index in [0.29, 0.717) is 0 Å². The summed E-state index contributed by atoms with van der Waals surface area (Å²) in [7, 11) is 0. The number of phenolic OH excluding ortho intramolecular Hbond substituents is 1. The largest absolute Gasteiger partial charge is 0.508 e. The van der Waals surface area contributed by atoms with Crippen LogP contribution < -0.4 is 4.90 Å². The van der Waals surface area contributed by atoms with Gasteiger partial charge in [0.1, 0.15) is 11.6 Å². The molecule has 1 aromatic heterocycles. The van der Waals surface area contributed by atoms with Gasteiger partial charge in [-0.1, -0.05) is 48.0 Å². The van der Waals surface area contributed by atoms with Crippen molar-refractivity contribution in [1.29, 1.82) is 0 Å². The van der Waals surface area contributed by atoms with Gasteiger partial charge in [0.05, 0.1) is 17.2 Å². The summed E-state index contributed by atoms with van der Waals surface area (Å²) in [5, 5.41) is 9.54. The van der Waals surface area contributed by atoms with Gasteiger partial charge in [0, 0.05) is 32.7 Å². The smallest absolute Gasteiger partial charge is 0.147 e. The molecular formula is C26H26N4O. The monoisotopic (exact) mass is 410 g/mol. The normalized spacial score (nSPS) is 14.8. The molecule has 0 atom stereocenters. The highest BCUT2D eigenvalue weighted by Gasteiger charge is 2.19. The number of aromatic nitrogens is 2. The van der Waals surface area contributed by atoms with Crippen LogP contribution in [0, 0.1) is 6.92 Å². The van der Waals surface area contributed by atoms with Gasteiger partial charge in [-0.25, -0.2) is 4.98 Å². The fourth-order valence-corrected chi connectivity index (χ4v) is 4.19. The maximum absolute atomic E-state index is 9.54. The molecular weight excluding hydrogens is 384 g/mol. The molecule has 31 heavy (non-hydrogen) atoms. The molecule has 4 aromatic rings. The van der Waals surface area contributed by atoms with E-state index in [-0.39, 0.29) is 5.75 Å². The van der Waals surface area contributed by atoms with Gasteiger partial charge in [0.25, 0.3) is 0 Å². The second-order valence-electron chi connectivity index (χ2n) is 8.23. The van der Waals surface area contributed by atoms with Gasteiger partial charge < -0.3 is 10.0 Å². The summed E-state index contributed by atoms with van der Waals surface area (Å²) in [6.07, 6.45) is 1.89. The molecule has 0 amide bonds. The maximum atomic E-state index is 9.54. The van der Waals surface area contributed by atoms with Crippen LogP contribution in [0.5, 0.6) is 5.75 Å². The minimum Gasteiger partial charge on any atom is -0.508 e. The van der Waals surface area contributed by atoms with E-state index in [1.165, 1.54) is 11.1 Å². The molecule has 5 heteroatoms. The number of hydrogen-bond acceptors (Lipinski definition) is 5. The number of hydrogen-bond donors (Lipinski definition) is 1. The van der Waals surface area contributed by atoms with Crippen molar-refractivity contribution in [3.05, 3.63) is 84.1 Å². The zero-order valence-corrected chi connectivity index (χ0v) is 17.7. The molecule has 1 fully saturated rings. The zero-order chi connectivity index (χ0) is 21.2. The van der Waals surface area contributed by atoms with Crippen molar-refractivity contribution in [3.63, 3.8) is 0 Å². The Bertz CT molecular complexity index is 1200. The van der Waals surface area contributed by atoms with Crippen molar-refractivity contribution < 1.29 is 5.11 Å². The van der Waals surface area contributed by atoms with Crippen LogP contribution in [-0.4, -0.2) is 46.2 Å². The third-order valence-electron chi connectivity index (χ3n) is 5.92. The summed E-state index contributed by atoms with van der Waals surface area (Å²) in [6.45, 7) is 7.07. The Morgan fingerprint density at radius 2 is 1.61 bits per heavy atom. The lowest BCUT2D eigenvalue weighted by Gasteiger charge is -2.35. The van der Waals surface area contributed by atoms with Crippen molar-refractivity contribution >= 4 is 16.9 Å². The molecule has 5 nitrogen and oxygen atoms in total. The van der Waals surface area contributed by atoms with Gasteiger partial charge in [0.15, 0.2) is 0 Å². The van der Waals surface area contributed by atoms with Gasteiger partial charge >= 0.3 is 0 Å². The van der Waals surface area contributed by atoms with Crippen LogP contribution in [0.25, 0.3) is 22.2 Å². The first-order valence-electron chi connectivity index (χ1n) is 10.7. The Morgan fingerprint density at radius 3 is 2.39 bits per heavy atom. The minimum absolute atomic E-state index is 0.271. The van der Waals surface area contributed by atoms with Gasteiger partial charge in [-0.2, -0.15) is 0 Å². The molecule has 156 valence electrons. The topological polar surface area (TPSA) is 52.5 Å². The first kappa shape index (κ1) is 19.5. The molecule has 0 aliphatic carbocycles. The van der Waals surface area contributed by atoms with Crippen molar-refractivity contribution in [2.45, 2.75) is 13.5 Å². The van der Waals surface area contributed by atoms with E-state index in [9.17, 15) is 5.11 Å². The lowest BCUT2D eigenvalue weighted by Crippen LogP contribution is -2.46. The Hall–Kier alpha value is -3.44. The standard InChI is InChI=1S/C26H26N4O/c1-19-3-2-4-20(15-19)18-29-11-13-30(14-12-29)26-17-27-24-10-7-22(16-25(24)28-26)21-5-8-23(31)9-6-21/h2-10,15-17,31H,11-14,18H2,1H3. The molecule has 0 spiro atoms. The lowest BCUT2D eigenvalue weighted by atomic mass is 10.0. The third kappa shape index (κ3) is 4.37. The molecule has 0 radical (unpaired) electrons. The van der Waals surface area contributed by atoms with E-state index in [4.69, 9.17) is 4.98 Å². The van der Waals surface area contributed by atoms with E-state index in [2.05, 4.69) is 52.0 Å². The number of nitrogens with zero attached hydrogens (tertiary/aromatic N) is 4. The SMILES string of the molecule is Cc1cccc(CN2CCN(c3cnc4ccc(-c5ccc(O)cc5)cc4n3)CC2)c1. The van der Waals surface area contributed by atoms with Crippen molar-refractivity contribution in [2.24, 2.45) is 0 Å². The average Bonchev–Trinajstić information content (AvgIpc) is 2.79. The van der Waals surface area contributed by atoms with E-state index in [1.54, 1.807) is 12.1 Å². The van der Waals surface area contributed by atoms with Gasteiger partial charge in [-0.15, -0.1) is 0 Å². The van der Waals surface area contributed by atoms with Crippen LogP contribution in [0.3, 0.4) is 0 Å². The Labute approximate surface area is 182 Å². The maximum Gasteiger partial charge on any atom is 0.147 e. The number of anilines is 1. The number of aryl methyl sites for hydroxylation is 1. The molecule has 0 bridgehead atoms. The molecule has 3 aromatic carbocycles. The fourth-order valence-electron chi connectivity index (χ4n) is 4.19. The van der Waals surface area contributed by atoms with Gasteiger partial charge in [-0.3, -0.25) is 9.88 Å². The van der Waals surface area contributed by atoms with Crippen LogP contribution in [-0.2, 0) is 6.54 Å². The molecule has 0 unspecified atom stereocenters. The van der Waals surface area contributed by atoms with Crippen LogP contribution in [0.1, 0.15) is 11.1 Å². The first-order valence-corrected chi connectivity index (χ1v) is 10.7. The number of piperazine rings is 1. The van der Waals surface area contributed by atoms with E-state index >= 15 is 0 Å². The summed E-state index contributed by atoms with van der Waals surface area (Å²) < 4.78 is 0. The first-order chi connectivity index (χ1) is 15.1. The summed E-state index contributed by atoms with van der Waals surface area (Å²) >= 11 is 0. The second kappa shape index (κ2) is 8.36. The number of fused-ring (bicyclic) bond motifs is 1.